The molecule has 0 saturated heterocycles. The smallest absolute Gasteiger partial charge is 0.231 e. The van der Waals surface area contributed by atoms with E-state index >= 15 is 0 Å². The number of carbonyl (C=O) groups is 1. The Hall–Kier alpha value is -3.45. The van der Waals surface area contributed by atoms with Gasteiger partial charge in [0.25, 0.3) is 0 Å². The van der Waals surface area contributed by atoms with Gasteiger partial charge in [-0.25, -0.2) is 9.37 Å². The Morgan fingerprint density at radius 1 is 1.07 bits per heavy atom. The molecule has 1 amide bonds. The van der Waals surface area contributed by atoms with Crippen molar-refractivity contribution in [2.24, 2.45) is 4.99 Å². The summed E-state index contributed by atoms with van der Waals surface area (Å²) >= 11 is 5.94. The highest BCUT2D eigenvalue weighted by atomic mass is 35.5. The first-order chi connectivity index (χ1) is 14.6. The van der Waals surface area contributed by atoms with Gasteiger partial charge in [-0.15, -0.1) is 0 Å². The summed E-state index contributed by atoms with van der Waals surface area (Å²) in [6.45, 7) is 0.842. The topological polar surface area (TPSA) is 66.8 Å². The van der Waals surface area contributed by atoms with Crippen LogP contribution in [-0.2, 0) is 11.3 Å². The lowest BCUT2D eigenvalue weighted by atomic mass is 10.2. The van der Waals surface area contributed by atoms with E-state index in [9.17, 15) is 9.18 Å². The van der Waals surface area contributed by atoms with Gasteiger partial charge in [-0.2, -0.15) is 0 Å². The Kier molecular flexibility index (Phi) is 5.90. The van der Waals surface area contributed by atoms with Gasteiger partial charge in [0.1, 0.15) is 11.6 Å². The van der Waals surface area contributed by atoms with Crippen LogP contribution in [0.5, 0.6) is 11.6 Å². The standard InChI is InChI=1S/C22H18ClFN4O2/c23-16-3-1-15(2-4-16)14-28-21(29)11-12-25-22(28)27-18-6-8-19(9-7-18)30-20-10-5-17(24)13-26-20/h1-10,13H,11-12,14H2,(H,25,27). The SMILES string of the molecule is O=C1CCN=C(Nc2ccc(Oc3ccc(F)cn3)cc2)N1Cc1ccc(Cl)cc1. The molecule has 0 radical (unpaired) electrons. The van der Waals surface area contributed by atoms with Crippen molar-refractivity contribution in [1.29, 1.82) is 0 Å². The maximum atomic E-state index is 12.9. The molecule has 8 heteroatoms. The van der Waals surface area contributed by atoms with E-state index in [4.69, 9.17) is 16.3 Å². The number of aromatic nitrogens is 1. The van der Waals surface area contributed by atoms with E-state index in [0.717, 1.165) is 17.4 Å². The first-order valence-corrected chi connectivity index (χ1v) is 9.70. The van der Waals surface area contributed by atoms with Gasteiger partial charge in [-0.05, 0) is 48.0 Å². The Morgan fingerprint density at radius 3 is 2.53 bits per heavy atom. The average Bonchev–Trinajstić information content (AvgIpc) is 2.75. The lowest BCUT2D eigenvalue weighted by Gasteiger charge is -2.28. The number of carbonyl (C=O) groups excluding carboxylic acids is 1. The number of nitrogens with zero attached hydrogens (tertiary/aromatic N) is 3. The fourth-order valence-electron chi connectivity index (χ4n) is 2.92. The molecule has 0 saturated carbocycles. The number of benzene rings is 2. The number of pyridine rings is 1. The minimum atomic E-state index is -0.423. The second-order valence-corrected chi connectivity index (χ2v) is 7.06. The second kappa shape index (κ2) is 8.92. The van der Waals surface area contributed by atoms with Gasteiger partial charge in [0.15, 0.2) is 0 Å². The van der Waals surface area contributed by atoms with Gasteiger partial charge in [0, 0.05) is 23.2 Å². The fourth-order valence-corrected chi connectivity index (χ4v) is 3.04. The molecule has 0 spiro atoms. The zero-order valence-electron chi connectivity index (χ0n) is 15.9. The molecule has 1 aliphatic heterocycles. The van der Waals surface area contributed by atoms with Crippen LogP contribution in [0.3, 0.4) is 0 Å². The minimum Gasteiger partial charge on any atom is -0.439 e. The Bertz CT molecular complexity index is 1050. The van der Waals surface area contributed by atoms with Crippen LogP contribution >= 0.6 is 11.6 Å². The molecule has 0 fully saturated rings. The average molecular weight is 425 g/mol. The quantitative estimate of drug-likeness (QED) is 0.634. The van der Waals surface area contributed by atoms with Gasteiger partial charge in [-0.1, -0.05) is 23.7 Å². The Morgan fingerprint density at radius 2 is 1.83 bits per heavy atom. The molecule has 2 heterocycles. The molecule has 0 unspecified atom stereocenters. The Balaban J connectivity index is 1.44. The third-order valence-corrected chi connectivity index (χ3v) is 4.68. The zero-order valence-corrected chi connectivity index (χ0v) is 16.6. The number of halogens is 2. The highest BCUT2D eigenvalue weighted by molar-refractivity contribution is 6.30. The van der Waals surface area contributed by atoms with E-state index in [-0.39, 0.29) is 5.91 Å². The summed E-state index contributed by atoms with van der Waals surface area (Å²) in [5.41, 5.74) is 1.71. The predicted octanol–water partition coefficient (Wildman–Crippen LogP) is 4.87. The van der Waals surface area contributed by atoms with Crippen LogP contribution in [-0.4, -0.2) is 28.3 Å². The van der Waals surface area contributed by atoms with Crippen molar-refractivity contribution in [2.45, 2.75) is 13.0 Å². The largest absolute Gasteiger partial charge is 0.439 e. The molecular weight excluding hydrogens is 407 g/mol. The molecule has 0 aliphatic carbocycles. The van der Waals surface area contributed by atoms with Gasteiger partial charge in [0.2, 0.25) is 17.7 Å². The van der Waals surface area contributed by atoms with Crippen molar-refractivity contribution in [2.75, 3.05) is 11.9 Å². The lowest BCUT2D eigenvalue weighted by molar-refractivity contribution is -0.128. The van der Waals surface area contributed by atoms with Crippen LogP contribution in [0.4, 0.5) is 10.1 Å². The molecule has 1 aliphatic rings. The van der Waals surface area contributed by atoms with E-state index in [1.807, 2.05) is 12.1 Å². The number of hydrogen-bond donors (Lipinski definition) is 1. The van der Waals surface area contributed by atoms with Gasteiger partial charge in [0.05, 0.1) is 19.3 Å². The van der Waals surface area contributed by atoms with E-state index < -0.39 is 5.82 Å². The summed E-state index contributed by atoms with van der Waals surface area (Å²) in [5, 5.41) is 3.85. The molecule has 1 aromatic heterocycles. The molecule has 152 valence electrons. The van der Waals surface area contributed by atoms with Crippen LogP contribution in [0.1, 0.15) is 12.0 Å². The molecule has 6 nitrogen and oxygen atoms in total. The van der Waals surface area contributed by atoms with Gasteiger partial charge in [-0.3, -0.25) is 14.7 Å². The normalized spacial score (nSPS) is 13.7. The molecule has 0 bridgehead atoms. The fraction of sp³-hybridized carbons (Fsp3) is 0.136. The van der Waals surface area contributed by atoms with E-state index in [0.29, 0.717) is 42.1 Å². The zero-order chi connectivity index (χ0) is 20.9. The summed E-state index contributed by atoms with van der Waals surface area (Å²) in [6.07, 6.45) is 1.47. The summed E-state index contributed by atoms with van der Waals surface area (Å²) in [5.74, 6) is 0.931. The predicted molar refractivity (Wildman–Crippen MR) is 113 cm³/mol. The van der Waals surface area contributed by atoms with Crippen LogP contribution in [0.2, 0.25) is 5.02 Å². The monoisotopic (exact) mass is 424 g/mol. The maximum Gasteiger partial charge on any atom is 0.231 e. The van der Waals surface area contributed by atoms with E-state index in [1.165, 1.54) is 12.1 Å². The molecular formula is C22H18ClFN4O2. The first kappa shape index (κ1) is 19.8. The number of amides is 1. The van der Waals surface area contributed by atoms with Crippen molar-refractivity contribution >= 4 is 29.2 Å². The maximum absolute atomic E-state index is 12.9. The van der Waals surface area contributed by atoms with Crippen molar-refractivity contribution in [1.82, 2.24) is 9.88 Å². The highest BCUT2D eigenvalue weighted by Crippen LogP contribution is 2.22. The highest BCUT2D eigenvalue weighted by Gasteiger charge is 2.23. The van der Waals surface area contributed by atoms with Crippen molar-refractivity contribution in [3.05, 3.63) is 83.3 Å². The number of anilines is 1. The summed E-state index contributed by atoms with van der Waals surface area (Å²) in [6, 6.07) is 17.2. The van der Waals surface area contributed by atoms with Gasteiger partial charge < -0.3 is 10.1 Å². The lowest BCUT2D eigenvalue weighted by Crippen LogP contribution is -2.43. The summed E-state index contributed by atoms with van der Waals surface area (Å²) < 4.78 is 18.5. The molecule has 2 aromatic carbocycles. The molecule has 1 N–H and O–H groups in total. The van der Waals surface area contributed by atoms with Crippen LogP contribution in [0.25, 0.3) is 0 Å². The van der Waals surface area contributed by atoms with Crippen LogP contribution in [0, 0.1) is 5.82 Å². The molecule has 3 aromatic rings. The first-order valence-electron chi connectivity index (χ1n) is 9.32. The minimum absolute atomic E-state index is 0.00443. The second-order valence-electron chi connectivity index (χ2n) is 6.63. The van der Waals surface area contributed by atoms with Crippen LogP contribution in [0.15, 0.2) is 71.9 Å². The summed E-state index contributed by atoms with van der Waals surface area (Å²) in [7, 11) is 0. The Labute approximate surface area is 178 Å². The van der Waals surface area contributed by atoms with Crippen LogP contribution < -0.4 is 10.1 Å². The third kappa shape index (κ3) is 4.93. The molecule has 0 atom stereocenters. The number of aliphatic imine (C=N–C) groups is 1. The number of hydrogen-bond acceptors (Lipinski definition) is 5. The van der Waals surface area contributed by atoms with E-state index in [2.05, 4.69) is 15.3 Å². The number of rotatable bonds is 5. The number of guanidine groups is 1. The number of ether oxygens (including phenoxy) is 1. The number of nitrogens with one attached hydrogen (secondary N) is 1. The van der Waals surface area contributed by atoms with E-state index in [1.54, 1.807) is 41.3 Å². The van der Waals surface area contributed by atoms with Crippen molar-refractivity contribution in [3.8, 4) is 11.6 Å². The molecule has 30 heavy (non-hydrogen) atoms. The van der Waals surface area contributed by atoms with Crippen molar-refractivity contribution in [3.63, 3.8) is 0 Å². The van der Waals surface area contributed by atoms with Crippen molar-refractivity contribution < 1.29 is 13.9 Å². The van der Waals surface area contributed by atoms with Gasteiger partial charge >= 0.3 is 0 Å². The summed E-state index contributed by atoms with van der Waals surface area (Å²) in [4.78, 5) is 22.4. The third-order valence-electron chi connectivity index (χ3n) is 4.43. The molecule has 4 rings (SSSR count).